The highest BCUT2D eigenvalue weighted by Crippen LogP contribution is 2.29. The minimum absolute atomic E-state index is 0.358. The Morgan fingerprint density at radius 3 is 2.47 bits per heavy atom. The van der Waals surface area contributed by atoms with Gasteiger partial charge in [0.05, 0.1) is 17.6 Å². The van der Waals surface area contributed by atoms with Gasteiger partial charge in [-0.1, -0.05) is 12.1 Å². The number of rotatable bonds is 4. The second-order valence-electron chi connectivity index (χ2n) is 3.90. The largest absolute Gasteiger partial charge is 0.398 e. The molecule has 0 atom stereocenters. The van der Waals surface area contributed by atoms with Gasteiger partial charge < -0.3 is 5.73 Å². The third kappa shape index (κ3) is 3.74. The second-order valence-corrected chi connectivity index (χ2v) is 4.95. The van der Waals surface area contributed by atoms with Crippen molar-refractivity contribution in [2.24, 2.45) is 5.73 Å². The Morgan fingerprint density at radius 2 is 1.89 bits per heavy atom. The summed E-state index contributed by atoms with van der Waals surface area (Å²) >= 11 is 0.768. The normalized spacial score (nSPS) is 11.8. The number of nitrogens with one attached hydrogen (secondary N) is 1. The average molecular weight is 287 g/mol. The Hall–Kier alpha value is -1.47. The topological polar surface area (TPSA) is 54.7 Å². The smallest absolute Gasteiger partial charge is 0.326 e. The van der Waals surface area contributed by atoms with Gasteiger partial charge in [0.1, 0.15) is 0 Å². The van der Waals surface area contributed by atoms with Crippen LogP contribution in [0.25, 0.3) is 11.3 Å². The van der Waals surface area contributed by atoms with Gasteiger partial charge >= 0.3 is 6.18 Å². The van der Waals surface area contributed by atoms with Crippen LogP contribution in [0.4, 0.5) is 13.2 Å². The highest BCUT2D eigenvalue weighted by Gasteiger charge is 2.27. The summed E-state index contributed by atoms with van der Waals surface area (Å²) in [5, 5.41) is 6.73. The molecule has 0 aliphatic heterocycles. The third-order valence-electron chi connectivity index (χ3n) is 2.48. The fourth-order valence-corrected chi connectivity index (χ4v) is 2.26. The Bertz CT molecular complexity index is 534. The molecule has 3 nitrogen and oxygen atoms in total. The van der Waals surface area contributed by atoms with Gasteiger partial charge in [0, 0.05) is 17.0 Å². The molecule has 0 saturated carbocycles. The van der Waals surface area contributed by atoms with Gasteiger partial charge in [-0.15, -0.1) is 11.8 Å². The van der Waals surface area contributed by atoms with Crippen LogP contribution in [0, 0.1) is 0 Å². The minimum atomic E-state index is -4.15. The van der Waals surface area contributed by atoms with E-state index in [0.717, 1.165) is 28.6 Å². The number of H-pyrrole nitrogens is 1. The van der Waals surface area contributed by atoms with Crippen molar-refractivity contribution in [1.82, 2.24) is 10.2 Å². The monoisotopic (exact) mass is 287 g/mol. The van der Waals surface area contributed by atoms with Gasteiger partial charge in [-0.2, -0.15) is 18.3 Å². The van der Waals surface area contributed by atoms with E-state index in [1.807, 2.05) is 0 Å². The molecule has 0 radical (unpaired) electrons. The number of halogens is 3. The molecule has 1 heterocycles. The zero-order valence-corrected chi connectivity index (χ0v) is 10.7. The van der Waals surface area contributed by atoms with Crippen LogP contribution in [0.2, 0.25) is 0 Å². The molecule has 0 fully saturated rings. The van der Waals surface area contributed by atoms with Crippen molar-refractivity contribution in [3.63, 3.8) is 0 Å². The number of aromatic nitrogens is 2. The average Bonchev–Trinajstić information content (AvgIpc) is 2.84. The quantitative estimate of drug-likeness (QED) is 0.849. The summed E-state index contributed by atoms with van der Waals surface area (Å²) in [6.45, 7) is 0.358. The summed E-state index contributed by atoms with van der Waals surface area (Å²) < 4.78 is 36.3. The van der Waals surface area contributed by atoms with Crippen LogP contribution in [0.5, 0.6) is 0 Å². The number of thioether (sulfide) groups is 1. The Labute approximate surface area is 112 Å². The van der Waals surface area contributed by atoms with E-state index in [1.165, 1.54) is 0 Å². The molecule has 0 amide bonds. The van der Waals surface area contributed by atoms with Crippen LogP contribution in [-0.4, -0.2) is 22.1 Å². The van der Waals surface area contributed by atoms with Crippen molar-refractivity contribution in [3.05, 3.63) is 36.0 Å². The first-order chi connectivity index (χ1) is 8.99. The van der Waals surface area contributed by atoms with Gasteiger partial charge in [0.25, 0.3) is 0 Å². The number of nitrogens with two attached hydrogens (primary N) is 1. The lowest BCUT2D eigenvalue weighted by atomic mass is 10.1. The first kappa shape index (κ1) is 14.0. The maximum Gasteiger partial charge on any atom is 0.398 e. The summed E-state index contributed by atoms with van der Waals surface area (Å²) in [5.41, 5.74) is 8.10. The zero-order chi connectivity index (χ0) is 13.9. The van der Waals surface area contributed by atoms with Gasteiger partial charge in [0.15, 0.2) is 0 Å². The molecule has 2 rings (SSSR count). The molecule has 0 unspecified atom stereocenters. The molecule has 3 N–H and O–H groups in total. The third-order valence-corrected chi connectivity index (χ3v) is 3.56. The molecular formula is C12H12F3N3S. The van der Waals surface area contributed by atoms with Crippen LogP contribution in [0.15, 0.2) is 35.4 Å². The standard InChI is InChI=1S/C12H12F3N3S/c13-12(14,15)7-19-10-3-1-8(2-4-10)11-9(5-16)6-17-18-11/h1-4,6H,5,7,16H2,(H,17,18). The van der Waals surface area contributed by atoms with E-state index in [0.29, 0.717) is 11.4 Å². The molecular weight excluding hydrogens is 275 g/mol. The van der Waals surface area contributed by atoms with Crippen molar-refractivity contribution >= 4 is 11.8 Å². The van der Waals surface area contributed by atoms with Crippen molar-refractivity contribution < 1.29 is 13.2 Å². The second kappa shape index (κ2) is 5.66. The molecule has 0 aliphatic rings. The van der Waals surface area contributed by atoms with Gasteiger partial charge in [-0.3, -0.25) is 5.10 Å². The van der Waals surface area contributed by atoms with E-state index in [1.54, 1.807) is 30.5 Å². The highest BCUT2D eigenvalue weighted by atomic mass is 32.2. The highest BCUT2D eigenvalue weighted by molar-refractivity contribution is 7.99. The SMILES string of the molecule is NCc1cn[nH]c1-c1ccc(SCC(F)(F)F)cc1. The Balaban J connectivity index is 2.10. The summed E-state index contributed by atoms with van der Waals surface area (Å²) in [4.78, 5) is 0.579. The fourth-order valence-electron chi connectivity index (χ4n) is 1.60. The lowest BCUT2D eigenvalue weighted by molar-refractivity contribution is -0.105. The number of nitrogens with zero attached hydrogens (tertiary/aromatic N) is 1. The van der Waals surface area contributed by atoms with Gasteiger partial charge in [-0.05, 0) is 17.7 Å². The predicted molar refractivity (Wildman–Crippen MR) is 68.7 cm³/mol. The number of alkyl halides is 3. The first-order valence-corrected chi connectivity index (χ1v) is 6.50. The van der Waals surface area contributed by atoms with Crippen LogP contribution < -0.4 is 5.73 Å². The molecule has 0 saturated heterocycles. The maximum atomic E-state index is 12.1. The molecule has 0 aliphatic carbocycles. The molecule has 1 aromatic carbocycles. The molecule has 19 heavy (non-hydrogen) atoms. The minimum Gasteiger partial charge on any atom is -0.326 e. The van der Waals surface area contributed by atoms with E-state index in [9.17, 15) is 13.2 Å². The molecule has 0 bridgehead atoms. The lowest BCUT2D eigenvalue weighted by Crippen LogP contribution is -2.10. The van der Waals surface area contributed by atoms with Crippen molar-refractivity contribution in [3.8, 4) is 11.3 Å². The molecule has 7 heteroatoms. The first-order valence-electron chi connectivity index (χ1n) is 5.52. The zero-order valence-electron chi connectivity index (χ0n) is 9.87. The number of aromatic amines is 1. The Morgan fingerprint density at radius 1 is 1.21 bits per heavy atom. The van der Waals surface area contributed by atoms with E-state index in [4.69, 9.17) is 5.73 Å². The summed E-state index contributed by atoms with van der Waals surface area (Å²) in [6, 6.07) is 6.83. The van der Waals surface area contributed by atoms with Crippen LogP contribution in [-0.2, 0) is 6.54 Å². The van der Waals surface area contributed by atoms with Crippen molar-refractivity contribution in [2.45, 2.75) is 17.6 Å². The van der Waals surface area contributed by atoms with E-state index < -0.39 is 11.9 Å². The fraction of sp³-hybridized carbons (Fsp3) is 0.250. The Kier molecular flexibility index (Phi) is 4.16. The molecule has 0 spiro atoms. The molecule has 2 aromatic rings. The van der Waals surface area contributed by atoms with Crippen molar-refractivity contribution in [1.29, 1.82) is 0 Å². The summed E-state index contributed by atoms with van der Waals surface area (Å²) in [5.74, 6) is -0.884. The van der Waals surface area contributed by atoms with Crippen molar-refractivity contribution in [2.75, 3.05) is 5.75 Å². The number of hydrogen-bond donors (Lipinski definition) is 2. The van der Waals surface area contributed by atoms with Gasteiger partial charge in [0.2, 0.25) is 0 Å². The maximum absolute atomic E-state index is 12.1. The predicted octanol–water partition coefficient (Wildman–Crippen LogP) is 3.19. The van der Waals surface area contributed by atoms with Gasteiger partial charge in [-0.25, -0.2) is 0 Å². The van der Waals surface area contributed by atoms with Crippen LogP contribution in [0.3, 0.4) is 0 Å². The number of hydrogen-bond acceptors (Lipinski definition) is 3. The lowest BCUT2D eigenvalue weighted by Gasteiger charge is -2.06. The summed E-state index contributed by atoms with van der Waals surface area (Å²) in [7, 11) is 0. The number of benzene rings is 1. The molecule has 102 valence electrons. The molecule has 1 aromatic heterocycles. The van der Waals surface area contributed by atoms with E-state index in [2.05, 4.69) is 10.2 Å². The van der Waals surface area contributed by atoms with Crippen LogP contribution >= 0.6 is 11.8 Å². The van der Waals surface area contributed by atoms with E-state index in [-0.39, 0.29) is 0 Å². The van der Waals surface area contributed by atoms with Crippen LogP contribution in [0.1, 0.15) is 5.56 Å². The summed E-state index contributed by atoms with van der Waals surface area (Å²) in [6.07, 6.45) is -2.51. The van der Waals surface area contributed by atoms with E-state index >= 15 is 0 Å².